The van der Waals surface area contributed by atoms with Gasteiger partial charge in [0.15, 0.2) is 25.0 Å². The molecular weight excluding hydrogens is 484 g/mol. The minimum atomic E-state index is -2.12. The molecule has 0 aromatic carbocycles. The highest BCUT2D eigenvalue weighted by Crippen LogP contribution is 2.34. The van der Waals surface area contributed by atoms with Crippen LogP contribution in [0.1, 0.15) is 13.8 Å². The summed E-state index contributed by atoms with van der Waals surface area (Å²) in [6, 6.07) is 0. The highest BCUT2D eigenvalue weighted by Gasteiger charge is 2.56. The zero-order chi connectivity index (χ0) is 26.4. The molecule has 3 saturated heterocycles. The van der Waals surface area contributed by atoms with Crippen LogP contribution in [0.25, 0.3) is 0 Å². The number of aliphatic carboxylic acids is 1. The van der Waals surface area contributed by atoms with Crippen molar-refractivity contribution in [3.63, 3.8) is 0 Å². The van der Waals surface area contributed by atoms with Gasteiger partial charge in [0.05, 0.1) is 12.7 Å². The van der Waals surface area contributed by atoms with Crippen molar-refractivity contribution in [3.8, 4) is 0 Å². The molecule has 0 saturated carbocycles. The summed E-state index contributed by atoms with van der Waals surface area (Å²) < 4.78 is 26.0. The molecule has 15 unspecified atom stereocenters. The van der Waals surface area contributed by atoms with Crippen LogP contribution in [0.3, 0.4) is 0 Å². The van der Waals surface area contributed by atoms with E-state index in [-0.39, 0.29) is 0 Å². The number of rotatable bonds is 6. The molecule has 0 aromatic heterocycles. The predicted molar refractivity (Wildman–Crippen MR) is 105 cm³/mol. The Morgan fingerprint density at radius 1 is 0.829 bits per heavy atom. The second-order valence-electron chi connectivity index (χ2n) is 9.04. The van der Waals surface area contributed by atoms with E-state index in [0.717, 1.165) is 6.92 Å². The Morgan fingerprint density at radius 3 is 2.06 bits per heavy atom. The van der Waals surface area contributed by atoms with Crippen molar-refractivity contribution in [2.45, 2.75) is 105 Å². The lowest BCUT2D eigenvalue weighted by Crippen LogP contribution is -2.68. The van der Waals surface area contributed by atoms with Gasteiger partial charge in [-0.2, -0.15) is 0 Å². The number of hydrogen-bond acceptors (Lipinski definition) is 15. The molecule has 3 aliphatic rings. The molecule has 0 bridgehead atoms. The Labute approximate surface area is 198 Å². The van der Waals surface area contributed by atoms with Crippen LogP contribution in [-0.2, 0) is 28.5 Å². The van der Waals surface area contributed by atoms with Gasteiger partial charge in [0.1, 0.15) is 60.5 Å². The largest absolute Gasteiger partial charge is 0.479 e. The quantitative estimate of drug-likeness (QED) is 0.157. The van der Waals surface area contributed by atoms with Crippen LogP contribution >= 0.6 is 0 Å². The van der Waals surface area contributed by atoms with Crippen molar-refractivity contribution in [1.82, 2.24) is 0 Å². The summed E-state index contributed by atoms with van der Waals surface area (Å²) in [6.07, 6.45) is -24.3. The van der Waals surface area contributed by atoms with Crippen molar-refractivity contribution in [2.24, 2.45) is 0 Å². The average molecular weight is 516 g/mol. The molecule has 0 aromatic rings. The molecule has 204 valence electrons. The van der Waals surface area contributed by atoms with E-state index in [0.29, 0.717) is 0 Å². The van der Waals surface area contributed by atoms with Crippen LogP contribution in [-0.4, -0.2) is 155 Å². The van der Waals surface area contributed by atoms with Crippen molar-refractivity contribution in [1.29, 1.82) is 0 Å². The van der Waals surface area contributed by atoms with Gasteiger partial charge in [-0.15, -0.1) is 0 Å². The molecule has 3 heterocycles. The van der Waals surface area contributed by atoms with Gasteiger partial charge in [-0.25, -0.2) is 4.79 Å². The van der Waals surface area contributed by atoms with Crippen molar-refractivity contribution < 1.29 is 79.5 Å². The summed E-state index contributed by atoms with van der Waals surface area (Å²) in [5, 5.41) is 100. The summed E-state index contributed by atoms with van der Waals surface area (Å²) in [4.78, 5) is 11.8. The molecule has 0 radical (unpaired) electrons. The van der Waals surface area contributed by atoms with Crippen LogP contribution in [0.4, 0.5) is 0 Å². The normalized spacial score (nSPS) is 53.3. The molecule has 10 N–H and O–H groups in total. The van der Waals surface area contributed by atoms with Gasteiger partial charge in [-0.05, 0) is 13.8 Å². The lowest BCUT2D eigenvalue weighted by atomic mass is 9.86. The van der Waals surface area contributed by atoms with Crippen LogP contribution in [0, 0.1) is 0 Å². The van der Waals surface area contributed by atoms with E-state index in [9.17, 15) is 55.9 Å². The molecule has 3 fully saturated rings. The van der Waals surface area contributed by atoms with Gasteiger partial charge in [0, 0.05) is 0 Å². The third-order valence-electron chi connectivity index (χ3n) is 6.44. The lowest BCUT2D eigenvalue weighted by molar-refractivity contribution is -0.366. The second kappa shape index (κ2) is 10.7. The minimum Gasteiger partial charge on any atom is -0.479 e. The van der Waals surface area contributed by atoms with E-state index in [2.05, 4.69) is 0 Å². The molecule has 35 heavy (non-hydrogen) atoms. The molecule has 3 aliphatic heterocycles. The van der Waals surface area contributed by atoms with Gasteiger partial charge < -0.3 is 74.7 Å². The third-order valence-corrected chi connectivity index (χ3v) is 6.44. The minimum absolute atomic E-state index is 0.670. The Hall–Kier alpha value is -1.09. The topological polar surface area (TPSA) is 266 Å². The number of carbonyl (C=O) groups is 1. The van der Waals surface area contributed by atoms with E-state index in [1.165, 1.54) is 6.92 Å². The van der Waals surface area contributed by atoms with Crippen LogP contribution in [0.2, 0.25) is 0 Å². The summed E-state index contributed by atoms with van der Waals surface area (Å²) >= 11 is 0. The van der Waals surface area contributed by atoms with E-state index in [1.807, 2.05) is 0 Å². The maximum absolute atomic E-state index is 11.8. The molecule has 0 spiro atoms. The lowest BCUT2D eigenvalue weighted by Gasteiger charge is -2.48. The molecule has 16 heteroatoms. The highest BCUT2D eigenvalue weighted by molar-refractivity contribution is 5.73. The van der Waals surface area contributed by atoms with Crippen LogP contribution < -0.4 is 0 Å². The first-order valence-electron chi connectivity index (χ1n) is 10.8. The Balaban J connectivity index is 1.69. The first kappa shape index (κ1) is 28.5. The summed E-state index contributed by atoms with van der Waals surface area (Å²) in [5.41, 5.74) is -2.12. The fourth-order valence-electron chi connectivity index (χ4n) is 4.13. The van der Waals surface area contributed by atoms with Crippen molar-refractivity contribution in [2.75, 3.05) is 6.61 Å². The van der Waals surface area contributed by atoms with Crippen LogP contribution in [0.5, 0.6) is 0 Å². The molecule has 15 atom stereocenters. The molecule has 0 amide bonds. The van der Waals surface area contributed by atoms with Crippen molar-refractivity contribution >= 4 is 5.97 Å². The van der Waals surface area contributed by atoms with E-state index in [1.54, 1.807) is 0 Å². The molecule has 0 aliphatic carbocycles. The van der Waals surface area contributed by atoms with E-state index < -0.39 is 104 Å². The Morgan fingerprint density at radius 2 is 1.46 bits per heavy atom. The van der Waals surface area contributed by atoms with E-state index in [4.69, 9.17) is 23.7 Å². The fraction of sp³-hybridized carbons (Fsp3) is 0.947. The molecule has 3 rings (SSSR count). The maximum atomic E-state index is 11.8. The number of carboxylic acids is 1. The zero-order valence-electron chi connectivity index (χ0n) is 18.7. The highest BCUT2D eigenvalue weighted by atomic mass is 16.7. The zero-order valence-corrected chi connectivity index (χ0v) is 18.7. The average Bonchev–Trinajstić information content (AvgIpc) is 2.80. The summed E-state index contributed by atoms with van der Waals surface area (Å²) in [5.74, 6) is -1.66. The Kier molecular flexibility index (Phi) is 8.72. The van der Waals surface area contributed by atoms with Gasteiger partial charge in [-0.1, -0.05) is 0 Å². The maximum Gasteiger partial charge on any atom is 0.335 e. The summed E-state index contributed by atoms with van der Waals surface area (Å²) in [6.45, 7) is 1.79. The first-order valence-corrected chi connectivity index (χ1v) is 10.8. The smallest absolute Gasteiger partial charge is 0.335 e. The van der Waals surface area contributed by atoms with Gasteiger partial charge in [0.2, 0.25) is 0 Å². The number of ether oxygens (including phenoxy) is 5. The number of aliphatic hydroxyl groups is 9. The number of hydrogen-bond donors (Lipinski definition) is 10. The predicted octanol–water partition coefficient (Wildman–Crippen LogP) is -6.06. The number of carboxylic acid groups (broad SMARTS) is 1. The monoisotopic (exact) mass is 516 g/mol. The van der Waals surface area contributed by atoms with Gasteiger partial charge in [0.25, 0.3) is 0 Å². The molecule has 16 nitrogen and oxygen atoms in total. The van der Waals surface area contributed by atoms with Crippen LogP contribution in [0.15, 0.2) is 0 Å². The Bertz CT molecular complexity index is 736. The molecular formula is C19H32O16. The summed E-state index contributed by atoms with van der Waals surface area (Å²) in [7, 11) is 0. The van der Waals surface area contributed by atoms with Gasteiger partial charge >= 0.3 is 5.97 Å². The van der Waals surface area contributed by atoms with E-state index >= 15 is 0 Å². The fourth-order valence-corrected chi connectivity index (χ4v) is 4.13. The van der Waals surface area contributed by atoms with Gasteiger partial charge in [-0.3, -0.25) is 0 Å². The first-order chi connectivity index (χ1) is 16.2. The standard InChI is InChI=1S/C19H32O16/c1-4-13(25)19(2,30)14(26)18(32-4)34-11-8(22)10(24)17(35-12(11)15(27)28)31-3-5-6(20)7(21)9(23)16(29)33-5/h4-14,16-18,20-26,29-30H,3H2,1-2H3,(H,27,28). The third kappa shape index (κ3) is 5.46. The number of aliphatic hydroxyl groups excluding tert-OH is 8. The second-order valence-corrected chi connectivity index (χ2v) is 9.04. The van der Waals surface area contributed by atoms with Crippen molar-refractivity contribution in [3.05, 3.63) is 0 Å². The SMILES string of the molecule is CC1OC(OC2C(C(=O)O)OC(OCC3OC(O)C(O)C(O)C3O)C(O)C2O)C(O)C(C)(O)C1O.